The van der Waals surface area contributed by atoms with Crippen molar-refractivity contribution in [3.8, 4) is 6.07 Å². The molecule has 0 saturated carbocycles. The number of aromatic nitrogens is 3. The maximum Gasteiger partial charge on any atom is 0.239 e. The molecule has 0 fully saturated rings. The summed E-state index contributed by atoms with van der Waals surface area (Å²) >= 11 is 0. The Balaban J connectivity index is 2.16. The summed E-state index contributed by atoms with van der Waals surface area (Å²) in [6, 6.07) is 7.82. The highest BCUT2D eigenvalue weighted by Gasteiger charge is 2.15. The number of hydrogen-bond donors (Lipinski definition) is 1. The number of sulfone groups is 1. The van der Waals surface area contributed by atoms with Crippen molar-refractivity contribution in [2.75, 3.05) is 11.5 Å². The van der Waals surface area contributed by atoms with Crippen LogP contribution in [-0.4, -0.2) is 28.9 Å². The second-order valence-electron chi connectivity index (χ2n) is 3.82. The van der Waals surface area contributed by atoms with E-state index in [1.54, 1.807) is 12.1 Å². The maximum absolute atomic E-state index is 12.1. The van der Waals surface area contributed by atoms with Crippen molar-refractivity contribution in [1.29, 1.82) is 5.26 Å². The van der Waals surface area contributed by atoms with Gasteiger partial charge in [-0.3, -0.25) is 0 Å². The van der Waals surface area contributed by atoms with Crippen molar-refractivity contribution in [2.45, 2.75) is 11.4 Å². The average molecular weight is 277 g/mol. The van der Waals surface area contributed by atoms with E-state index in [2.05, 4.69) is 10.1 Å². The fraction of sp³-hybridized carbons (Fsp3) is 0.182. The minimum atomic E-state index is -3.46. The van der Waals surface area contributed by atoms with Crippen LogP contribution in [0.2, 0.25) is 0 Å². The van der Waals surface area contributed by atoms with Crippen LogP contribution in [0.25, 0.3) is 0 Å². The van der Waals surface area contributed by atoms with E-state index < -0.39 is 9.84 Å². The number of nitriles is 1. The minimum absolute atomic E-state index is 0.101. The van der Waals surface area contributed by atoms with Gasteiger partial charge in [0.05, 0.1) is 28.8 Å². The fourth-order valence-electron chi connectivity index (χ4n) is 1.51. The molecule has 0 amide bonds. The van der Waals surface area contributed by atoms with Gasteiger partial charge in [-0.2, -0.15) is 5.26 Å². The van der Waals surface area contributed by atoms with Crippen LogP contribution in [0.15, 0.2) is 35.5 Å². The van der Waals surface area contributed by atoms with Gasteiger partial charge in [-0.25, -0.2) is 18.1 Å². The molecule has 0 saturated heterocycles. The molecule has 1 heterocycles. The van der Waals surface area contributed by atoms with Gasteiger partial charge in [0.2, 0.25) is 5.95 Å². The molecule has 2 aromatic rings. The van der Waals surface area contributed by atoms with Crippen molar-refractivity contribution in [3.05, 3.63) is 36.2 Å². The van der Waals surface area contributed by atoms with E-state index in [4.69, 9.17) is 11.0 Å². The van der Waals surface area contributed by atoms with Crippen molar-refractivity contribution in [1.82, 2.24) is 14.8 Å². The SMILES string of the molecule is N#Cc1cccc(S(=O)(=O)CCn2cnc(N)n2)c1. The number of nitrogens with two attached hydrogens (primary N) is 1. The molecule has 98 valence electrons. The van der Waals surface area contributed by atoms with Gasteiger partial charge in [0.25, 0.3) is 0 Å². The molecular formula is C11H11N5O2S. The molecule has 0 aliphatic heterocycles. The third kappa shape index (κ3) is 3.08. The zero-order valence-electron chi connectivity index (χ0n) is 9.89. The highest BCUT2D eigenvalue weighted by molar-refractivity contribution is 7.91. The zero-order chi connectivity index (χ0) is 13.9. The summed E-state index contributed by atoms with van der Waals surface area (Å²) in [5.41, 5.74) is 5.65. The van der Waals surface area contributed by atoms with Crippen LogP contribution in [0.5, 0.6) is 0 Å². The Labute approximate surface area is 110 Å². The monoisotopic (exact) mass is 277 g/mol. The Bertz CT molecular complexity index is 730. The summed E-state index contributed by atoms with van der Waals surface area (Å²) in [6.07, 6.45) is 1.37. The molecule has 0 spiro atoms. The molecule has 2 N–H and O–H groups in total. The normalized spacial score (nSPS) is 11.1. The first kappa shape index (κ1) is 13.0. The number of hydrogen-bond acceptors (Lipinski definition) is 6. The molecule has 2 rings (SSSR count). The van der Waals surface area contributed by atoms with Crippen LogP contribution in [-0.2, 0) is 16.4 Å². The van der Waals surface area contributed by atoms with E-state index in [1.165, 1.54) is 23.1 Å². The lowest BCUT2D eigenvalue weighted by Gasteiger charge is -2.04. The third-order valence-electron chi connectivity index (χ3n) is 2.47. The molecular weight excluding hydrogens is 266 g/mol. The summed E-state index contributed by atoms with van der Waals surface area (Å²) in [6.45, 7) is 0.156. The van der Waals surface area contributed by atoms with Crippen molar-refractivity contribution in [2.24, 2.45) is 0 Å². The quantitative estimate of drug-likeness (QED) is 0.854. The van der Waals surface area contributed by atoms with Gasteiger partial charge in [-0.05, 0) is 18.2 Å². The van der Waals surface area contributed by atoms with Gasteiger partial charge in [0.15, 0.2) is 9.84 Å². The first-order chi connectivity index (χ1) is 9.01. The molecule has 8 heteroatoms. The molecule has 0 bridgehead atoms. The standard InChI is InChI=1S/C11H11N5O2S/c12-7-9-2-1-3-10(6-9)19(17,18)5-4-16-8-14-11(13)15-16/h1-3,6,8H,4-5H2,(H2,13,15). The lowest BCUT2D eigenvalue weighted by atomic mass is 10.2. The van der Waals surface area contributed by atoms with Gasteiger partial charge < -0.3 is 5.73 Å². The predicted molar refractivity (Wildman–Crippen MR) is 67.6 cm³/mol. The Morgan fingerprint density at radius 2 is 2.21 bits per heavy atom. The molecule has 0 aliphatic rings. The van der Waals surface area contributed by atoms with Crippen LogP contribution in [0, 0.1) is 11.3 Å². The van der Waals surface area contributed by atoms with Crippen molar-refractivity contribution in [3.63, 3.8) is 0 Å². The van der Waals surface area contributed by atoms with E-state index in [9.17, 15) is 8.42 Å². The molecule has 0 atom stereocenters. The Kier molecular flexibility index (Phi) is 3.48. The van der Waals surface area contributed by atoms with Gasteiger partial charge in [0, 0.05) is 0 Å². The smallest absolute Gasteiger partial charge is 0.239 e. The van der Waals surface area contributed by atoms with E-state index in [0.29, 0.717) is 5.56 Å². The molecule has 0 radical (unpaired) electrons. The first-order valence-electron chi connectivity index (χ1n) is 5.39. The summed E-state index contributed by atoms with van der Waals surface area (Å²) in [5.74, 6) is -0.0334. The van der Waals surface area contributed by atoms with Gasteiger partial charge in [-0.1, -0.05) is 6.07 Å². The average Bonchev–Trinajstić information content (AvgIpc) is 2.82. The lowest BCUT2D eigenvalue weighted by molar-refractivity contribution is 0.580. The second-order valence-corrected chi connectivity index (χ2v) is 5.93. The number of rotatable bonds is 4. The summed E-state index contributed by atoms with van der Waals surface area (Å²) in [5, 5.41) is 12.6. The minimum Gasteiger partial charge on any atom is -0.367 e. The topological polar surface area (TPSA) is 115 Å². The Morgan fingerprint density at radius 1 is 1.42 bits per heavy atom. The molecule has 7 nitrogen and oxygen atoms in total. The third-order valence-corrected chi connectivity index (χ3v) is 4.16. The highest BCUT2D eigenvalue weighted by atomic mass is 32.2. The van der Waals surface area contributed by atoms with Crippen LogP contribution >= 0.6 is 0 Å². The van der Waals surface area contributed by atoms with E-state index in [-0.39, 0.29) is 23.1 Å². The van der Waals surface area contributed by atoms with E-state index >= 15 is 0 Å². The van der Waals surface area contributed by atoms with Crippen LogP contribution in [0.4, 0.5) is 5.95 Å². The number of nitrogen functional groups attached to an aromatic ring is 1. The van der Waals surface area contributed by atoms with Crippen LogP contribution < -0.4 is 5.73 Å². The molecule has 1 aromatic carbocycles. The summed E-state index contributed by atoms with van der Waals surface area (Å²) in [7, 11) is -3.46. The Morgan fingerprint density at radius 3 is 2.84 bits per heavy atom. The predicted octanol–water partition coefficient (Wildman–Crippen LogP) is 0.206. The number of aryl methyl sites for hydroxylation is 1. The summed E-state index contributed by atoms with van der Waals surface area (Å²) in [4.78, 5) is 3.83. The highest BCUT2D eigenvalue weighted by Crippen LogP contribution is 2.13. The zero-order valence-corrected chi connectivity index (χ0v) is 10.7. The largest absolute Gasteiger partial charge is 0.367 e. The molecule has 0 aliphatic carbocycles. The van der Waals surface area contributed by atoms with Crippen molar-refractivity contribution >= 4 is 15.8 Å². The maximum atomic E-state index is 12.1. The molecule has 19 heavy (non-hydrogen) atoms. The molecule has 0 unspecified atom stereocenters. The fourth-order valence-corrected chi connectivity index (χ4v) is 2.76. The Hall–Kier alpha value is -2.40. The molecule has 1 aromatic heterocycles. The first-order valence-corrected chi connectivity index (χ1v) is 7.04. The number of nitrogens with zero attached hydrogens (tertiary/aromatic N) is 4. The van der Waals surface area contributed by atoms with Gasteiger partial charge >= 0.3 is 0 Å². The van der Waals surface area contributed by atoms with E-state index in [1.807, 2.05) is 6.07 Å². The number of anilines is 1. The summed E-state index contributed by atoms with van der Waals surface area (Å²) < 4.78 is 25.5. The lowest BCUT2D eigenvalue weighted by Crippen LogP contribution is -2.14. The van der Waals surface area contributed by atoms with Crippen LogP contribution in [0.1, 0.15) is 5.56 Å². The number of benzene rings is 1. The van der Waals surface area contributed by atoms with Gasteiger partial charge in [-0.15, -0.1) is 5.10 Å². The van der Waals surface area contributed by atoms with E-state index in [0.717, 1.165) is 0 Å². The van der Waals surface area contributed by atoms with Crippen molar-refractivity contribution < 1.29 is 8.42 Å². The second kappa shape index (κ2) is 5.07. The van der Waals surface area contributed by atoms with Gasteiger partial charge in [0.1, 0.15) is 6.33 Å². The van der Waals surface area contributed by atoms with Crippen LogP contribution in [0.3, 0.4) is 0 Å².